The molecular weight excluding hydrogens is 320 g/mol. The van der Waals surface area contributed by atoms with Crippen molar-refractivity contribution in [2.45, 2.75) is 44.6 Å². The van der Waals surface area contributed by atoms with E-state index in [0.717, 1.165) is 29.2 Å². The summed E-state index contributed by atoms with van der Waals surface area (Å²) < 4.78 is 0.745. The normalized spacial score (nSPS) is 26.2. The van der Waals surface area contributed by atoms with E-state index in [9.17, 15) is 10.1 Å². The van der Waals surface area contributed by atoms with Gasteiger partial charge in [0.1, 0.15) is 5.69 Å². The Hall–Kier alpha value is -1.10. The van der Waals surface area contributed by atoms with Crippen molar-refractivity contribution in [3.8, 4) is 0 Å². The molecule has 0 saturated heterocycles. The van der Waals surface area contributed by atoms with Gasteiger partial charge in [0.2, 0.25) is 0 Å². The van der Waals surface area contributed by atoms with Crippen molar-refractivity contribution in [2.75, 3.05) is 5.32 Å². The average Bonchev–Trinajstić information content (AvgIpc) is 3.25. The highest BCUT2D eigenvalue weighted by Gasteiger charge is 2.35. The number of nitro groups is 1. The molecule has 2 saturated carbocycles. The Morgan fingerprint density at radius 3 is 2.70 bits per heavy atom. The maximum Gasteiger partial charge on any atom is 0.293 e. The molecule has 1 N–H and O–H groups in total. The highest BCUT2D eigenvalue weighted by molar-refractivity contribution is 9.10. The lowest BCUT2D eigenvalue weighted by Crippen LogP contribution is -2.28. The summed E-state index contributed by atoms with van der Waals surface area (Å²) in [5.41, 5.74) is 0.813. The molecule has 5 heteroatoms. The van der Waals surface area contributed by atoms with Crippen molar-refractivity contribution in [3.63, 3.8) is 0 Å². The molecule has 3 rings (SSSR count). The third kappa shape index (κ3) is 3.14. The Kier molecular flexibility index (Phi) is 3.96. The van der Waals surface area contributed by atoms with Crippen molar-refractivity contribution in [1.82, 2.24) is 0 Å². The number of nitrogens with one attached hydrogen (secondary N) is 1. The van der Waals surface area contributed by atoms with Crippen LogP contribution in [0.15, 0.2) is 22.7 Å². The van der Waals surface area contributed by atoms with E-state index < -0.39 is 0 Å². The van der Waals surface area contributed by atoms with E-state index in [1.165, 1.54) is 25.7 Å². The summed E-state index contributed by atoms with van der Waals surface area (Å²) in [6, 6.07) is 5.62. The first-order valence-electron chi connectivity index (χ1n) is 7.34. The molecule has 2 atom stereocenters. The summed E-state index contributed by atoms with van der Waals surface area (Å²) in [7, 11) is 0. The molecule has 2 unspecified atom stereocenters. The average molecular weight is 339 g/mol. The van der Waals surface area contributed by atoms with Crippen molar-refractivity contribution in [1.29, 1.82) is 0 Å². The first-order valence-corrected chi connectivity index (χ1v) is 8.13. The van der Waals surface area contributed by atoms with Gasteiger partial charge in [0.25, 0.3) is 5.69 Å². The van der Waals surface area contributed by atoms with Crippen molar-refractivity contribution < 1.29 is 4.92 Å². The molecule has 0 aromatic heterocycles. The molecular formula is C15H19BrN2O2. The van der Waals surface area contributed by atoms with Crippen LogP contribution in [-0.4, -0.2) is 11.0 Å². The third-order valence-electron chi connectivity index (χ3n) is 4.52. The Balaban J connectivity index is 1.71. The molecule has 0 radical (unpaired) electrons. The Labute approximate surface area is 127 Å². The molecule has 0 spiro atoms. The maximum absolute atomic E-state index is 11.1. The highest BCUT2D eigenvalue weighted by atomic mass is 79.9. The van der Waals surface area contributed by atoms with Crippen LogP contribution in [0.5, 0.6) is 0 Å². The number of hydrogen-bond donors (Lipinski definition) is 1. The van der Waals surface area contributed by atoms with Crippen LogP contribution in [-0.2, 0) is 0 Å². The molecule has 0 amide bonds. The van der Waals surface area contributed by atoms with Crippen LogP contribution in [0.1, 0.15) is 38.5 Å². The lowest BCUT2D eigenvalue weighted by Gasteiger charge is -2.30. The third-order valence-corrected chi connectivity index (χ3v) is 5.01. The molecule has 1 aromatic carbocycles. The predicted octanol–water partition coefficient (Wildman–Crippen LogP) is 4.74. The molecule has 0 aliphatic heterocycles. The van der Waals surface area contributed by atoms with E-state index in [4.69, 9.17) is 0 Å². The molecule has 4 nitrogen and oxygen atoms in total. The molecule has 0 heterocycles. The topological polar surface area (TPSA) is 55.2 Å². The number of anilines is 1. The predicted molar refractivity (Wildman–Crippen MR) is 82.9 cm³/mol. The summed E-state index contributed by atoms with van der Waals surface area (Å²) >= 11 is 3.29. The first kappa shape index (κ1) is 13.9. The van der Waals surface area contributed by atoms with Crippen LogP contribution < -0.4 is 5.32 Å². The van der Waals surface area contributed by atoms with E-state index >= 15 is 0 Å². The van der Waals surface area contributed by atoms with Gasteiger partial charge in [-0.2, -0.15) is 0 Å². The molecule has 1 aromatic rings. The number of rotatable bonds is 4. The highest BCUT2D eigenvalue weighted by Crippen LogP contribution is 2.44. The summed E-state index contributed by atoms with van der Waals surface area (Å²) in [6.45, 7) is 0. The zero-order chi connectivity index (χ0) is 14.1. The van der Waals surface area contributed by atoms with Gasteiger partial charge in [-0.3, -0.25) is 10.1 Å². The second kappa shape index (κ2) is 5.72. The van der Waals surface area contributed by atoms with Gasteiger partial charge in [0.05, 0.1) is 4.92 Å². The van der Waals surface area contributed by atoms with Crippen molar-refractivity contribution in [2.24, 2.45) is 11.8 Å². The molecule has 0 bridgehead atoms. The number of benzene rings is 1. The van der Waals surface area contributed by atoms with Crippen molar-refractivity contribution in [3.05, 3.63) is 32.8 Å². The number of halogens is 1. The Bertz CT molecular complexity index is 517. The van der Waals surface area contributed by atoms with E-state index in [1.54, 1.807) is 6.07 Å². The fourth-order valence-corrected chi connectivity index (χ4v) is 3.70. The fourth-order valence-electron chi connectivity index (χ4n) is 3.35. The Morgan fingerprint density at radius 1 is 1.20 bits per heavy atom. The van der Waals surface area contributed by atoms with Gasteiger partial charge in [0, 0.05) is 16.6 Å². The summed E-state index contributed by atoms with van der Waals surface area (Å²) in [5.74, 6) is 1.76. The monoisotopic (exact) mass is 338 g/mol. The fraction of sp³-hybridized carbons (Fsp3) is 0.600. The minimum Gasteiger partial charge on any atom is -0.377 e. The van der Waals surface area contributed by atoms with Crippen LogP contribution in [0.4, 0.5) is 11.4 Å². The largest absolute Gasteiger partial charge is 0.377 e. The van der Waals surface area contributed by atoms with E-state index in [-0.39, 0.29) is 10.6 Å². The van der Waals surface area contributed by atoms with E-state index in [0.29, 0.717) is 11.7 Å². The van der Waals surface area contributed by atoms with Crippen LogP contribution in [0.25, 0.3) is 0 Å². The number of nitrogens with zero attached hydrogens (tertiary/aromatic N) is 1. The first-order chi connectivity index (χ1) is 9.63. The minimum absolute atomic E-state index is 0.160. The van der Waals surface area contributed by atoms with Gasteiger partial charge < -0.3 is 5.32 Å². The lowest BCUT2D eigenvalue weighted by atomic mass is 9.82. The quantitative estimate of drug-likeness (QED) is 0.637. The van der Waals surface area contributed by atoms with E-state index in [1.807, 2.05) is 12.1 Å². The standard InChI is InChI=1S/C15H19BrN2O2/c16-12-6-7-14(15(9-12)18(19)20)17-13-3-1-2-11(8-13)10-4-5-10/h6-7,9-11,13,17H,1-5,8H2. The number of hydrogen-bond acceptors (Lipinski definition) is 3. The lowest BCUT2D eigenvalue weighted by molar-refractivity contribution is -0.384. The summed E-state index contributed by atoms with van der Waals surface area (Å²) in [4.78, 5) is 10.8. The van der Waals surface area contributed by atoms with Gasteiger partial charge in [-0.25, -0.2) is 0 Å². The van der Waals surface area contributed by atoms with Crippen LogP contribution in [0.2, 0.25) is 0 Å². The SMILES string of the molecule is O=[N+]([O-])c1cc(Br)ccc1NC1CCCC(C2CC2)C1. The second-order valence-corrected chi connectivity index (χ2v) is 6.94. The zero-order valence-corrected chi connectivity index (χ0v) is 12.9. The number of nitro benzene ring substituents is 1. The molecule has 20 heavy (non-hydrogen) atoms. The van der Waals surface area contributed by atoms with Gasteiger partial charge in [0.15, 0.2) is 0 Å². The van der Waals surface area contributed by atoms with Crippen LogP contribution in [0.3, 0.4) is 0 Å². The van der Waals surface area contributed by atoms with Gasteiger partial charge in [-0.05, 0) is 49.7 Å². The zero-order valence-electron chi connectivity index (χ0n) is 11.3. The summed E-state index contributed by atoms with van der Waals surface area (Å²) in [5, 5.41) is 14.6. The van der Waals surface area contributed by atoms with Gasteiger partial charge in [-0.15, -0.1) is 0 Å². The minimum atomic E-state index is -0.311. The molecule has 108 valence electrons. The summed E-state index contributed by atoms with van der Waals surface area (Å²) in [6.07, 6.45) is 7.63. The van der Waals surface area contributed by atoms with E-state index in [2.05, 4.69) is 21.2 Å². The maximum atomic E-state index is 11.1. The van der Waals surface area contributed by atoms with Gasteiger partial charge in [-0.1, -0.05) is 28.8 Å². The van der Waals surface area contributed by atoms with Crippen LogP contribution in [0, 0.1) is 22.0 Å². The molecule has 2 fully saturated rings. The van der Waals surface area contributed by atoms with Crippen molar-refractivity contribution >= 4 is 27.3 Å². The molecule has 2 aliphatic carbocycles. The van der Waals surface area contributed by atoms with Gasteiger partial charge >= 0.3 is 0 Å². The second-order valence-electron chi connectivity index (χ2n) is 6.02. The Morgan fingerprint density at radius 2 is 2.00 bits per heavy atom. The molecule has 2 aliphatic rings. The smallest absolute Gasteiger partial charge is 0.293 e. The van der Waals surface area contributed by atoms with Crippen LogP contribution >= 0.6 is 15.9 Å².